The summed E-state index contributed by atoms with van der Waals surface area (Å²) in [4.78, 5) is 56.5. The fourth-order valence-corrected chi connectivity index (χ4v) is 7.13. The van der Waals surface area contributed by atoms with Crippen molar-refractivity contribution in [3.63, 3.8) is 0 Å². The number of carbonyl (C=O) groups is 3. The van der Waals surface area contributed by atoms with Crippen LogP contribution in [-0.4, -0.2) is 107 Å². The van der Waals surface area contributed by atoms with Crippen LogP contribution >= 0.6 is 0 Å². The Morgan fingerprint density at radius 3 is 2.22 bits per heavy atom. The van der Waals surface area contributed by atoms with Crippen LogP contribution in [0.5, 0.6) is 0 Å². The van der Waals surface area contributed by atoms with Crippen LogP contribution in [0.1, 0.15) is 85.9 Å². The monoisotopic (exact) mass is 751 g/mol. The Kier molecular flexibility index (Phi) is 11.7. The van der Waals surface area contributed by atoms with Crippen molar-refractivity contribution in [1.29, 1.82) is 0 Å². The molecule has 288 valence electrons. The van der Waals surface area contributed by atoms with Crippen LogP contribution in [0.3, 0.4) is 0 Å². The van der Waals surface area contributed by atoms with Gasteiger partial charge in [-0.05, 0) is 49.2 Å². The zero-order valence-corrected chi connectivity index (χ0v) is 31.1. The van der Waals surface area contributed by atoms with E-state index in [0.29, 0.717) is 37.5 Å². The second kappa shape index (κ2) is 17.1. The number of piperidine rings is 1. The van der Waals surface area contributed by atoms with Gasteiger partial charge in [-0.15, -0.1) is 10.2 Å². The average molecular weight is 752 g/mol. The van der Waals surface area contributed by atoms with E-state index < -0.39 is 42.4 Å². The van der Waals surface area contributed by atoms with Crippen molar-refractivity contribution in [3.05, 3.63) is 89.8 Å². The molecule has 3 aromatic heterocycles. The molecule has 0 saturated carbocycles. The molecule has 1 amide bonds. The highest BCUT2D eigenvalue weighted by molar-refractivity contribution is 5.94. The van der Waals surface area contributed by atoms with E-state index >= 15 is 0 Å². The lowest BCUT2D eigenvalue weighted by molar-refractivity contribution is -0.165. The van der Waals surface area contributed by atoms with Gasteiger partial charge in [-0.1, -0.05) is 67.1 Å². The Labute approximate surface area is 317 Å². The summed E-state index contributed by atoms with van der Waals surface area (Å²) < 4.78 is 19.5. The molecule has 2 fully saturated rings. The van der Waals surface area contributed by atoms with E-state index in [1.807, 2.05) is 43.3 Å². The van der Waals surface area contributed by atoms with Crippen molar-refractivity contribution in [2.45, 2.75) is 77.0 Å². The van der Waals surface area contributed by atoms with Crippen LogP contribution < -0.4 is 10.6 Å². The minimum Gasteiger partial charge on any atom is -0.455 e. The van der Waals surface area contributed by atoms with E-state index in [1.165, 1.54) is 31.4 Å². The predicted octanol–water partition coefficient (Wildman–Crippen LogP) is 3.43. The minimum atomic E-state index is -1.17. The summed E-state index contributed by atoms with van der Waals surface area (Å²) >= 11 is 0. The summed E-state index contributed by atoms with van der Waals surface area (Å²) in [5.41, 5.74) is 2.75. The van der Waals surface area contributed by atoms with Crippen LogP contribution in [0.4, 0.5) is 5.82 Å². The Morgan fingerprint density at radius 2 is 1.58 bits per heavy atom. The lowest BCUT2D eigenvalue weighted by atomic mass is 9.91. The molecule has 0 spiro atoms. The van der Waals surface area contributed by atoms with Crippen molar-refractivity contribution >= 4 is 34.8 Å². The Bertz CT molecular complexity index is 2050. The zero-order valence-electron chi connectivity index (χ0n) is 31.1. The molecule has 2 aliphatic rings. The highest BCUT2D eigenvalue weighted by atomic mass is 16.6. The Balaban J connectivity index is 1.26. The largest absolute Gasteiger partial charge is 0.455 e. The van der Waals surface area contributed by atoms with E-state index in [2.05, 4.69) is 60.2 Å². The SMILES string of the molecule is CCn1nnc([C@H]2OC(n3cnc4c(NCC(c5ccccc5)c5ccccc5)nc(C(=O)NCCN5CCCCC5)nc43)[C@H](OC(C)=O)[C@@H]2OC(C)=O)n1. The number of nitrogens with one attached hydrogen (secondary N) is 2. The maximum Gasteiger partial charge on any atom is 0.303 e. The average Bonchev–Trinajstić information content (AvgIpc) is 3.93. The Morgan fingerprint density at radius 1 is 0.909 bits per heavy atom. The van der Waals surface area contributed by atoms with E-state index in [0.717, 1.165) is 37.1 Å². The van der Waals surface area contributed by atoms with E-state index in [1.54, 1.807) is 4.57 Å². The minimum absolute atomic E-state index is 0.0721. The van der Waals surface area contributed by atoms with Crippen LogP contribution in [0.15, 0.2) is 67.0 Å². The molecule has 5 heterocycles. The van der Waals surface area contributed by atoms with Crippen LogP contribution in [0.2, 0.25) is 0 Å². The number of aryl methyl sites for hydroxylation is 1. The molecule has 0 aliphatic carbocycles. The number of rotatable bonds is 14. The van der Waals surface area contributed by atoms with Crippen LogP contribution in [0, 0.1) is 0 Å². The van der Waals surface area contributed by atoms with Gasteiger partial charge < -0.3 is 29.7 Å². The lowest BCUT2D eigenvalue weighted by Gasteiger charge is -2.26. The highest BCUT2D eigenvalue weighted by Crippen LogP contribution is 2.42. The number of benzene rings is 2. The summed E-state index contributed by atoms with van der Waals surface area (Å²) in [6, 6.07) is 20.2. The van der Waals surface area contributed by atoms with Gasteiger partial charge in [0.1, 0.15) is 0 Å². The third-order valence-corrected chi connectivity index (χ3v) is 9.74. The van der Waals surface area contributed by atoms with Crippen molar-refractivity contribution < 1.29 is 28.6 Å². The zero-order chi connectivity index (χ0) is 38.3. The highest BCUT2D eigenvalue weighted by Gasteiger charge is 2.53. The standard InChI is InChI=1S/C38H45N11O6/c1-4-49-45-34(44-46-49)31-30(53-24(2)50)32(54-25(3)51)38(55-31)48-23-41-29-33(40-22-28(26-14-8-5-9-15-26)27-16-10-6-11-17-27)42-35(43-36(29)48)37(52)39-18-21-47-19-12-7-13-20-47/h5-6,8-11,14-17,23,28,30-32,38H,4,7,12-13,18-22H2,1-3H3,(H,39,52)(H,40,42,43)/t30-,31+,32-,38?/m1/s1. The molecule has 2 aliphatic heterocycles. The molecular formula is C38H45N11O6. The van der Waals surface area contributed by atoms with Gasteiger partial charge in [-0.25, -0.2) is 15.0 Å². The fourth-order valence-electron chi connectivity index (χ4n) is 7.13. The van der Waals surface area contributed by atoms with E-state index in [9.17, 15) is 14.4 Å². The number of amides is 1. The normalized spacial score (nSPS) is 20.1. The van der Waals surface area contributed by atoms with Crippen molar-refractivity contribution in [2.24, 2.45) is 0 Å². The molecule has 5 aromatic rings. The van der Waals surface area contributed by atoms with Crippen molar-refractivity contribution in [3.8, 4) is 0 Å². The number of esters is 2. The number of tetrazole rings is 1. The molecule has 1 unspecified atom stereocenters. The molecule has 4 atom stereocenters. The molecule has 17 nitrogen and oxygen atoms in total. The van der Waals surface area contributed by atoms with Gasteiger partial charge in [0, 0.05) is 39.4 Å². The second-order valence-electron chi connectivity index (χ2n) is 13.6. The first-order valence-corrected chi connectivity index (χ1v) is 18.7. The molecule has 0 bridgehead atoms. The van der Waals surface area contributed by atoms with Crippen molar-refractivity contribution in [1.82, 2.24) is 49.9 Å². The van der Waals surface area contributed by atoms with Crippen LogP contribution in [0.25, 0.3) is 11.2 Å². The number of anilines is 1. The van der Waals surface area contributed by atoms with Gasteiger partial charge in [0.25, 0.3) is 5.91 Å². The first kappa shape index (κ1) is 37.5. The topological polar surface area (TPSA) is 193 Å². The fraction of sp³-hybridized carbons (Fsp3) is 0.447. The third kappa shape index (κ3) is 8.62. The Hall–Kier alpha value is -5.81. The number of fused-ring (bicyclic) bond motifs is 1. The molecule has 55 heavy (non-hydrogen) atoms. The molecular weight excluding hydrogens is 706 g/mol. The summed E-state index contributed by atoms with van der Waals surface area (Å²) in [7, 11) is 0. The molecule has 2 saturated heterocycles. The number of hydrogen-bond donors (Lipinski definition) is 2. The second-order valence-corrected chi connectivity index (χ2v) is 13.6. The molecule has 0 radical (unpaired) electrons. The number of nitrogens with zero attached hydrogens (tertiary/aromatic N) is 9. The number of aromatic nitrogens is 8. The van der Waals surface area contributed by atoms with E-state index in [4.69, 9.17) is 24.2 Å². The number of hydrogen-bond acceptors (Lipinski definition) is 14. The van der Waals surface area contributed by atoms with Gasteiger partial charge >= 0.3 is 11.9 Å². The first-order chi connectivity index (χ1) is 26.8. The van der Waals surface area contributed by atoms with Gasteiger partial charge in [0.15, 0.2) is 41.5 Å². The summed E-state index contributed by atoms with van der Waals surface area (Å²) in [6.07, 6.45) is 0.461. The first-order valence-electron chi connectivity index (χ1n) is 18.7. The molecule has 2 aromatic carbocycles. The predicted molar refractivity (Wildman–Crippen MR) is 199 cm³/mol. The van der Waals surface area contributed by atoms with Gasteiger partial charge in [-0.3, -0.25) is 19.0 Å². The lowest BCUT2D eigenvalue weighted by Crippen LogP contribution is -2.38. The van der Waals surface area contributed by atoms with Gasteiger partial charge in [0.05, 0.1) is 12.9 Å². The summed E-state index contributed by atoms with van der Waals surface area (Å²) in [5.74, 6) is -1.42. The molecule has 2 N–H and O–H groups in total. The number of carbonyl (C=O) groups excluding carboxylic acids is 3. The summed E-state index contributed by atoms with van der Waals surface area (Å²) in [5, 5.41) is 19.0. The molecule has 17 heteroatoms. The van der Waals surface area contributed by atoms with Gasteiger partial charge in [0.2, 0.25) is 11.6 Å². The number of likely N-dealkylation sites (tertiary alicyclic amines) is 1. The maximum atomic E-state index is 13.8. The smallest absolute Gasteiger partial charge is 0.303 e. The third-order valence-electron chi connectivity index (χ3n) is 9.74. The quantitative estimate of drug-likeness (QED) is 0.157. The maximum absolute atomic E-state index is 13.8. The van der Waals surface area contributed by atoms with E-state index in [-0.39, 0.29) is 23.2 Å². The van der Waals surface area contributed by atoms with Crippen molar-refractivity contribution in [2.75, 3.05) is 38.0 Å². The summed E-state index contributed by atoms with van der Waals surface area (Å²) in [6.45, 7) is 8.32. The van der Waals surface area contributed by atoms with Gasteiger partial charge in [-0.2, -0.15) is 4.80 Å². The number of imidazole rings is 1. The van der Waals surface area contributed by atoms with Crippen LogP contribution in [-0.2, 0) is 30.3 Å². The number of ether oxygens (including phenoxy) is 3. The molecule has 7 rings (SSSR count).